The molecule has 4 aromatic rings. The van der Waals surface area contributed by atoms with Crippen LogP contribution in [-0.4, -0.2) is 55.4 Å². The van der Waals surface area contributed by atoms with Crippen molar-refractivity contribution in [2.24, 2.45) is 11.1 Å². The number of nitrogens with zero attached hydrogens (tertiary/aromatic N) is 6. The Labute approximate surface area is 224 Å². The molecule has 0 amide bonds. The number of ether oxygens (including phenoxy) is 1. The van der Waals surface area contributed by atoms with Gasteiger partial charge in [-0.05, 0) is 61.6 Å². The van der Waals surface area contributed by atoms with E-state index >= 15 is 0 Å². The van der Waals surface area contributed by atoms with Crippen LogP contribution in [0.4, 0.5) is 11.6 Å². The van der Waals surface area contributed by atoms with Crippen LogP contribution in [0.1, 0.15) is 49.4 Å². The Balaban J connectivity index is 0.997. The van der Waals surface area contributed by atoms with Gasteiger partial charge < -0.3 is 20.7 Å². The second kappa shape index (κ2) is 8.28. The molecule has 0 aromatic carbocycles. The van der Waals surface area contributed by atoms with Gasteiger partial charge in [-0.15, -0.1) is 0 Å². The molecule has 0 unspecified atom stereocenters. The standard InChI is InChI=1S/C27H29N9OS/c28-22-16-3-1-9-29-17(16)13-26(22)7-11-36(12-8-26)19-14-31-20-23(32-19)34-35-25(20)38-18-4-10-30-24-21(18)37-15-27(33-24)5-2-6-27/h1,3-4,9-10,14,22H,2,5-8,11-13,15,28H2,(H,30,33)(H,32,34,35)/t22-/m1/s1. The summed E-state index contributed by atoms with van der Waals surface area (Å²) in [4.78, 5) is 22.1. The Bertz CT molecular complexity index is 1540. The van der Waals surface area contributed by atoms with Gasteiger partial charge in [0.25, 0.3) is 0 Å². The number of aromatic nitrogens is 6. The van der Waals surface area contributed by atoms with E-state index in [1.54, 1.807) is 0 Å². The topological polar surface area (TPSA) is 131 Å². The molecule has 4 aliphatic rings. The summed E-state index contributed by atoms with van der Waals surface area (Å²) in [5.41, 5.74) is 10.7. The largest absolute Gasteiger partial charge is 0.486 e. The zero-order valence-electron chi connectivity index (χ0n) is 21.0. The maximum atomic E-state index is 6.73. The zero-order chi connectivity index (χ0) is 25.3. The number of rotatable bonds is 3. The van der Waals surface area contributed by atoms with Crippen LogP contribution >= 0.6 is 11.8 Å². The first-order chi connectivity index (χ1) is 18.6. The summed E-state index contributed by atoms with van der Waals surface area (Å²) < 4.78 is 6.20. The van der Waals surface area contributed by atoms with Crippen molar-refractivity contribution in [1.82, 2.24) is 30.1 Å². The quantitative estimate of drug-likeness (QED) is 0.361. The van der Waals surface area contributed by atoms with Crippen molar-refractivity contribution in [3.05, 3.63) is 48.0 Å². The molecule has 2 spiro atoms. The molecule has 1 atom stereocenters. The lowest BCUT2D eigenvalue weighted by atomic mass is 9.73. The molecular weight excluding hydrogens is 498 g/mol. The van der Waals surface area contributed by atoms with Crippen LogP contribution in [0.15, 0.2) is 46.7 Å². The minimum Gasteiger partial charge on any atom is -0.486 e. The monoisotopic (exact) mass is 527 g/mol. The number of nitrogens with one attached hydrogen (secondary N) is 2. The fourth-order valence-corrected chi connectivity index (χ4v) is 7.45. The van der Waals surface area contributed by atoms with Crippen LogP contribution in [0.5, 0.6) is 5.75 Å². The summed E-state index contributed by atoms with van der Waals surface area (Å²) in [7, 11) is 0. The fourth-order valence-electron chi connectivity index (χ4n) is 6.53. The van der Waals surface area contributed by atoms with Gasteiger partial charge in [0.2, 0.25) is 0 Å². The lowest BCUT2D eigenvalue weighted by Gasteiger charge is -2.45. The van der Waals surface area contributed by atoms with E-state index in [1.165, 1.54) is 23.7 Å². The average Bonchev–Trinajstić information content (AvgIpc) is 3.46. The first-order valence-corrected chi connectivity index (χ1v) is 14.2. The third-order valence-electron chi connectivity index (χ3n) is 9.01. The number of aromatic amines is 1. The van der Waals surface area contributed by atoms with E-state index in [9.17, 15) is 0 Å². The van der Waals surface area contributed by atoms with Gasteiger partial charge >= 0.3 is 0 Å². The van der Waals surface area contributed by atoms with Gasteiger partial charge in [-0.2, -0.15) is 5.10 Å². The van der Waals surface area contributed by atoms with Crippen LogP contribution in [0.2, 0.25) is 0 Å². The number of anilines is 2. The number of pyridine rings is 2. The summed E-state index contributed by atoms with van der Waals surface area (Å²) in [5, 5.41) is 12.0. The lowest BCUT2D eigenvalue weighted by molar-refractivity contribution is 0.144. The zero-order valence-corrected chi connectivity index (χ0v) is 21.8. The van der Waals surface area contributed by atoms with Crippen molar-refractivity contribution in [2.45, 2.75) is 60.0 Å². The first-order valence-electron chi connectivity index (χ1n) is 13.3. The number of hydrogen-bond acceptors (Lipinski definition) is 10. The van der Waals surface area contributed by atoms with E-state index in [1.807, 2.05) is 30.7 Å². The van der Waals surface area contributed by atoms with Crippen molar-refractivity contribution >= 4 is 34.6 Å². The van der Waals surface area contributed by atoms with Crippen molar-refractivity contribution in [3.8, 4) is 5.75 Å². The highest BCUT2D eigenvalue weighted by molar-refractivity contribution is 7.99. The predicted molar refractivity (Wildman–Crippen MR) is 144 cm³/mol. The molecule has 2 fully saturated rings. The smallest absolute Gasteiger partial charge is 0.177 e. The highest BCUT2D eigenvalue weighted by Gasteiger charge is 2.47. The van der Waals surface area contributed by atoms with E-state index in [4.69, 9.17) is 20.4 Å². The molecule has 0 bridgehead atoms. The average molecular weight is 528 g/mol. The van der Waals surface area contributed by atoms with Gasteiger partial charge in [-0.25, -0.2) is 15.0 Å². The molecule has 6 heterocycles. The molecule has 1 saturated carbocycles. The summed E-state index contributed by atoms with van der Waals surface area (Å²) in [6.45, 7) is 2.47. The number of hydrogen-bond donors (Lipinski definition) is 3. The minimum absolute atomic E-state index is 0.0477. The number of piperidine rings is 1. The number of nitrogens with two attached hydrogens (primary N) is 1. The van der Waals surface area contributed by atoms with Gasteiger partial charge in [-0.1, -0.05) is 17.8 Å². The summed E-state index contributed by atoms with van der Waals surface area (Å²) in [6, 6.07) is 6.15. The summed E-state index contributed by atoms with van der Waals surface area (Å²) >= 11 is 1.53. The Morgan fingerprint density at radius 2 is 1.97 bits per heavy atom. The van der Waals surface area contributed by atoms with Gasteiger partial charge in [0, 0.05) is 37.2 Å². The third-order valence-corrected chi connectivity index (χ3v) is 10.0. The molecule has 194 valence electrons. The number of fused-ring (bicyclic) bond motifs is 3. The Kier molecular flexibility index (Phi) is 4.91. The van der Waals surface area contributed by atoms with Gasteiger partial charge in [0.1, 0.15) is 17.9 Å². The van der Waals surface area contributed by atoms with Gasteiger partial charge in [0.05, 0.1) is 16.6 Å². The van der Waals surface area contributed by atoms with Crippen LogP contribution in [0.25, 0.3) is 11.2 Å². The Morgan fingerprint density at radius 1 is 1.08 bits per heavy atom. The minimum atomic E-state index is 0.0477. The molecule has 2 aliphatic heterocycles. The predicted octanol–water partition coefficient (Wildman–Crippen LogP) is 3.86. The van der Waals surface area contributed by atoms with E-state index in [0.29, 0.717) is 12.3 Å². The molecule has 10 nitrogen and oxygen atoms in total. The molecule has 4 aromatic heterocycles. The van der Waals surface area contributed by atoms with Crippen LogP contribution in [-0.2, 0) is 6.42 Å². The maximum absolute atomic E-state index is 6.73. The SMILES string of the molecule is N[C@@H]1c2cccnc2CC12CCN(c1cnc3c(Sc4ccnc5c4OCC4(CCC4)N5)n[nH]c3n1)CC2. The molecule has 1 saturated heterocycles. The van der Waals surface area contributed by atoms with E-state index < -0.39 is 0 Å². The number of H-pyrrole nitrogens is 1. The molecule has 4 N–H and O–H groups in total. The normalized spacial score (nSPS) is 22.6. The lowest BCUT2D eigenvalue weighted by Crippen LogP contribution is -2.52. The molecule has 38 heavy (non-hydrogen) atoms. The van der Waals surface area contributed by atoms with E-state index in [0.717, 1.165) is 83.7 Å². The van der Waals surface area contributed by atoms with Crippen molar-refractivity contribution < 1.29 is 4.74 Å². The highest BCUT2D eigenvalue weighted by Crippen LogP contribution is 2.50. The second-order valence-electron chi connectivity index (χ2n) is 11.1. The molecular formula is C27H29N9OS. The maximum Gasteiger partial charge on any atom is 0.177 e. The van der Waals surface area contributed by atoms with Crippen molar-refractivity contribution in [1.29, 1.82) is 0 Å². The Hall–Kier alpha value is -3.44. The summed E-state index contributed by atoms with van der Waals surface area (Å²) in [5.74, 6) is 2.48. The van der Waals surface area contributed by atoms with Crippen LogP contribution < -0.4 is 20.7 Å². The first kappa shape index (κ1) is 22.5. The second-order valence-corrected chi connectivity index (χ2v) is 12.2. The van der Waals surface area contributed by atoms with Gasteiger partial charge in [0.15, 0.2) is 22.2 Å². The van der Waals surface area contributed by atoms with Crippen LogP contribution in [0, 0.1) is 5.41 Å². The molecule has 11 heteroatoms. The van der Waals surface area contributed by atoms with Crippen molar-refractivity contribution in [2.75, 3.05) is 29.9 Å². The fraction of sp³-hybridized carbons (Fsp3) is 0.444. The van der Waals surface area contributed by atoms with E-state index in [-0.39, 0.29) is 17.0 Å². The highest BCUT2D eigenvalue weighted by atomic mass is 32.2. The molecule has 0 radical (unpaired) electrons. The molecule has 2 aliphatic carbocycles. The third kappa shape index (κ3) is 3.41. The summed E-state index contributed by atoms with van der Waals surface area (Å²) in [6.07, 6.45) is 12.0. The van der Waals surface area contributed by atoms with Crippen LogP contribution in [0.3, 0.4) is 0 Å². The van der Waals surface area contributed by atoms with Crippen molar-refractivity contribution in [3.63, 3.8) is 0 Å². The van der Waals surface area contributed by atoms with Gasteiger partial charge in [-0.3, -0.25) is 10.1 Å². The van der Waals surface area contributed by atoms with E-state index in [2.05, 4.69) is 36.4 Å². The Morgan fingerprint density at radius 3 is 2.79 bits per heavy atom. The molecule has 8 rings (SSSR count).